The molecule has 23 heavy (non-hydrogen) atoms. The summed E-state index contributed by atoms with van der Waals surface area (Å²) in [7, 11) is 0. The quantitative estimate of drug-likeness (QED) is 0.867. The number of benzene rings is 1. The number of piperidine rings is 1. The van der Waals surface area contributed by atoms with E-state index >= 15 is 0 Å². The topological polar surface area (TPSA) is 86.7 Å². The Morgan fingerprint density at radius 1 is 1.30 bits per heavy atom. The molecule has 2 amide bonds. The lowest BCUT2D eigenvalue weighted by Crippen LogP contribution is -2.42. The van der Waals surface area contributed by atoms with Crippen LogP contribution in [0.5, 0.6) is 0 Å². The summed E-state index contributed by atoms with van der Waals surface area (Å²) in [4.78, 5) is 36.4. The lowest BCUT2D eigenvalue weighted by atomic mass is 9.96. The Kier molecular flexibility index (Phi) is 4.02. The number of amides is 2. The van der Waals surface area contributed by atoms with Gasteiger partial charge in [-0.1, -0.05) is 0 Å². The Morgan fingerprint density at radius 3 is 2.83 bits per heavy atom. The minimum Gasteiger partial charge on any atom is -0.481 e. The molecule has 1 fully saturated rings. The number of aliphatic carboxylic acids is 1. The van der Waals surface area contributed by atoms with E-state index in [1.165, 1.54) is 11.0 Å². The Labute approximate surface area is 132 Å². The van der Waals surface area contributed by atoms with E-state index in [1.807, 2.05) is 0 Å². The highest BCUT2D eigenvalue weighted by atomic mass is 19.1. The number of rotatable bonds is 2. The fraction of sp³-hybridized carbons (Fsp3) is 0.438. The molecule has 1 saturated heterocycles. The number of nitrogens with zero attached hydrogens (tertiary/aromatic N) is 1. The Bertz CT molecular complexity index is 689. The van der Waals surface area contributed by atoms with Gasteiger partial charge in [0.05, 0.1) is 11.5 Å². The fourth-order valence-electron chi connectivity index (χ4n) is 3.10. The van der Waals surface area contributed by atoms with Crippen molar-refractivity contribution in [3.63, 3.8) is 0 Å². The average molecular weight is 320 g/mol. The zero-order valence-electron chi connectivity index (χ0n) is 12.5. The molecule has 2 heterocycles. The van der Waals surface area contributed by atoms with Gasteiger partial charge in [-0.3, -0.25) is 14.4 Å². The number of fused-ring (bicyclic) bond motifs is 1. The normalized spacial score (nSPS) is 20.7. The number of carboxylic acid groups (broad SMARTS) is 1. The van der Waals surface area contributed by atoms with Gasteiger partial charge in [0.15, 0.2) is 0 Å². The summed E-state index contributed by atoms with van der Waals surface area (Å²) in [5, 5.41) is 11.7. The molecule has 3 rings (SSSR count). The van der Waals surface area contributed by atoms with Crippen LogP contribution < -0.4 is 5.32 Å². The summed E-state index contributed by atoms with van der Waals surface area (Å²) in [5.41, 5.74) is 1.06. The van der Waals surface area contributed by atoms with Crippen LogP contribution in [-0.2, 0) is 16.0 Å². The van der Waals surface area contributed by atoms with Crippen LogP contribution in [0.3, 0.4) is 0 Å². The fourth-order valence-corrected chi connectivity index (χ4v) is 3.10. The molecule has 7 heteroatoms. The largest absolute Gasteiger partial charge is 0.481 e. The van der Waals surface area contributed by atoms with Crippen LogP contribution in [0.4, 0.5) is 10.1 Å². The van der Waals surface area contributed by atoms with Crippen molar-refractivity contribution >= 4 is 23.5 Å². The minimum atomic E-state index is -0.934. The highest BCUT2D eigenvalue weighted by Crippen LogP contribution is 2.27. The molecular formula is C16H17FN2O4. The van der Waals surface area contributed by atoms with Crippen LogP contribution in [0.2, 0.25) is 0 Å². The van der Waals surface area contributed by atoms with Crippen LogP contribution >= 0.6 is 0 Å². The van der Waals surface area contributed by atoms with Gasteiger partial charge in [-0.25, -0.2) is 4.39 Å². The van der Waals surface area contributed by atoms with Crippen molar-refractivity contribution in [1.29, 1.82) is 0 Å². The van der Waals surface area contributed by atoms with Crippen LogP contribution in [0, 0.1) is 11.7 Å². The number of nitrogens with one attached hydrogen (secondary N) is 1. The first kappa shape index (κ1) is 15.5. The summed E-state index contributed by atoms with van der Waals surface area (Å²) < 4.78 is 14.3. The second-order valence-corrected chi connectivity index (χ2v) is 5.97. The molecule has 2 aliphatic rings. The third-order valence-corrected chi connectivity index (χ3v) is 4.38. The monoisotopic (exact) mass is 320 g/mol. The molecular weight excluding hydrogens is 303 g/mol. The first-order valence-electron chi connectivity index (χ1n) is 7.60. The SMILES string of the molecule is O=C1CCc2cc(C(=O)N3CCC[C@@H](C(=O)O)C3)c(F)cc2N1. The van der Waals surface area contributed by atoms with Crippen molar-refractivity contribution in [2.45, 2.75) is 25.7 Å². The molecule has 1 atom stereocenters. The lowest BCUT2D eigenvalue weighted by Gasteiger charge is -2.31. The smallest absolute Gasteiger partial charge is 0.308 e. The molecule has 0 aromatic heterocycles. The van der Waals surface area contributed by atoms with E-state index in [-0.39, 0.29) is 18.0 Å². The molecule has 6 nitrogen and oxygen atoms in total. The summed E-state index contributed by atoms with van der Waals surface area (Å²) in [6.07, 6.45) is 1.87. The maximum atomic E-state index is 14.3. The van der Waals surface area contributed by atoms with E-state index in [1.54, 1.807) is 0 Å². The molecule has 122 valence electrons. The van der Waals surface area contributed by atoms with E-state index in [9.17, 15) is 18.8 Å². The zero-order chi connectivity index (χ0) is 16.6. The van der Waals surface area contributed by atoms with Gasteiger partial charge in [-0.05, 0) is 37.0 Å². The second-order valence-electron chi connectivity index (χ2n) is 5.97. The molecule has 1 aromatic rings. The summed E-state index contributed by atoms with van der Waals surface area (Å²) in [5.74, 6) is -2.90. The van der Waals surface area contributed by atoms with E-state index in [0.29, 0.717) is 37.9 Å². The summed E-state index contributed by atoms with van der Waals surface area (Å²) in [6, 6.07) is 2.63. The first-order valence-corrected chi connectivity index (χ1v) is 7.60. The number of hydrogen-bond acceptors (Lipinski definition) is 3. The number of carboxylic acids is 1. The summed E-state index contributed by atoms with van der Waals surface area (Å²) in [6.45, 7) is 0.525. The zero-order valence-corrected chi connectivity index (χ0v) is 12.5. The van der Waals surface area contributed by atoms with Crippen molar-refractivity contribution in [3.8, 4) is 0 Å². The Hall–Kier alpha value is -2.44. The number of anilines is 1. The van der Waals surface area contributed by atoms with Gasteiger partial charge in [0.25, 0.3) is 5.91 Å². The third kappa shape index (κ3) is 3.04. The second kappa shape index (κ2) is 5.98. The number of aryl methyl sites for hydroxylation is 1. The van der Waals surface area contributed by atoms with E-state index < -0.39 is 23.6 Å². The Balaban J connectivity index is 1.85. The van der Waals surface area contributed by atoms with Crippen LogP contribution in [0.15, 0.2) is 12.1 Å². The molecule has 0 aliphatic carbocycles. The maximum absolute atomic E-state index is 14.3. The van der Waals surface area contributed by atoms with Crippen molar-refractivity contribution in [3.05, 3.63) is 29.1 Å². The molecule has 0 bridgehead atoms. The molecule has 0 spiro atoms. The minimum absolute atomic E-state index is 0.0639. The van der Waals surface area contributed by atoms with Gasteiger partial charge < -0.3 is 15.3 Å². The van der Waals surface area contributed by atoms with Gasteiger partial charge in [-0.2, -0.15) is 0 Å². The number of carbonyl (C=O) groups excluding carboxylic acids is 2. The third-order valence-electron chi connectivity index (χ3n) is 4.38. The van der Waals surface area contributed by atoms with Crippen molar-refractivity contribution in [2.24, 2.45) is 5.92 Å². The van der Waals surface area contributed by atoms with Gasteiger partial charge in [0, 0.05) is 25.2 Å². The Morgan fingerprint density at radius 2 is 2.09 bits per heavy atom. The van der Waals surface area contributed by atoms with Gasteiger partial charge in [0.1, 0.15) is 5.82 Å². The van der Waals surface area contributed by atoms with Crippen LogP contribution in [0.25, 0.3) is 0 Å². The van der Waals surface area contributed by atoms with E-state index in [4.69, 9.17) is 5.11 Å². The number of hydrogen-bond donors (Lipinski definition) is 2. The predicted octanol–water partition coefficient (Wildman–Crippen LogP) is 1.65. The molecule has 0 saturated carbocycles. The molecule has 1 aromatic carbocycles. The highest BCUT2D eigenvalue weighted by molar-refractivity contribution is 5.98. The molecule has 2 N–H and O–H groups in total. The maximum Gasteiger partial charge on any atom is 0.308 e. The average Bonchev–Trinajstić information content (AvgIpc) is 2.53. The standard InChI is InChI=1S/C16H17FN2O4/c17-12-7-13-9(3-4-14(20)18-13)6-11(12)15(21)19-5-1-2-10(8-19)16(22)23/h6-7,10H,1-5,8H2,(H,18,20)(H,22,23)/t10-/m1/s1. The van der Waals surface area contributed by atoms with E-state index in [0.717, 1.165) is 11.6 Å². The molecule has 2 aliphatic heterocycles. The van der Waals surface area contributed by atoms with Crippen LogP contribution in [0.1, 0.15) is 35.2 Å². The van der Waals surface area contributed by atoms with Gasteiger partial charge in [-0.15, -0.1) is 0 Å². The number of carbonyl (C=O) groups is 3. The number of halogens is 1. The predicted molar refractivity (Wildman–Crippen MR) is 79.6 cm³/mol. The highest BCUT2D eigenvalue weighted by Gasteiger charge is 2.30. The van der Waals surface area contributed by atoms with Crippen molar-refractivity contribution in [1.82, 2.24) is 4.90 Å². The lowest BCUT2D eigenvalue weighted by molar-refractivity contribution is -0.143. The van der Waals surface area contributed by atoms with E-state index in [2.05, 4.69) is 5.32 Å². The first-order chi connectivity index (χ1) is 11.0. The van der Waals surface area contributed by atoms with Crippen molar-refractivity contribution in [2.75, 3.05) is 18.4 Å². The summed E-state index contributed by atoms with van der Waals surface area (Å²) >= 11 is 0. The van der Waals surface area contributed by atoms with Gasteiger partial charge >= 0.3 is 5.97 Å². The molecule has 0 unspecified atom stereocenters. The van der Waals surface area contributed by atoms with Crippen LogP contribution in [-0.4, -0.2) is 40.9 Å². The van der Waals surface area contributed by atoms with Crippen molar-refractivity contribution < 1.29 is 23.9 Å². The number of likely N-dealkylation sites (tertiary alicyclic amines) is 1. The molecule has 0 radical (unpaired) electrons. The van der Waals surface area contributed by atoms with Gasteiger partial charge in [0.2, 0.25) is 5.91 Å².